The summed E-state index contributed by atoms with van der Waals surface area (Å²) in [5.74, 6) is 1.28. The number of methoxy groups -OCH3 is 1. The highest BCUT2D eigenvalue weighted by atomic mass is 19.4. The molecule has 1 aliphatic rings. The van der Waals surface area contributed by atoms with Crippen LogP contribution in [0, 0.1) is 5.41 Å². The van der Waals surface area contributed by atoms with Gasteiger partial charge in [0.25, 0.3) is 0 Å². The molecule has 1 aliphatic heterocycles. The van der Waals surface area contributed by atoms with Crippen LogP contribution >= 0.6 is 0 Å². The topological polar surface area (TPSA) is 59.0 Å². The molecule has 0 saturated carbocycles. The zero-order valence-corrected chi connectivity index (χ0v) is 19.3. The van der Waals surface area contributed by atoms with Gasteiger partial charge in [-0.15, -0.1) is 0 Å². The average Bonchev–Trinajstić information content (AvgIpc) is 2.91. The molecule has 180 valence electrons. The minimum Gasteiger partial charge on any atom is -0.497 e. The number of carbonyl (C=O) groups is 1. The van der Waals surface area contributed by atoms with Gasteiger partial charge in [-0.3, -0.25) is 0 Å². The van der Waals surface area contributed by atoms with Crippen LogP contribution in [0.3, 0.4) is 0 Å². The number of benzene rings is 2. The number of aryl methyl sites for hydroxylation is 1. The number of ether oxygens (including phenoxy) is 2. The zero-order valence-electron chi connectivity index (χ0n) is 19.3. The lowest BCUT2D eigenvalue weighted by Crippen LogP contribution is -2.41. The number of halogens is 3. The minimum atomic E-state index is -4.80. The summed E-state index contributed by atoms with van der Waals surface area (Å²) in [6.45, 7) is 5.21. The van der Waals surface area contributed by atoms with Crippen LogP contribution in [0.1, 0.15) is 38.3 Å². The lowest BCUT2D eigenvalue weighted by Gasteiger charge is -2.34. The number of anilines is 1. The van der Waals surface area contributed by atoms with E-state index in [1.807, 2.05) is 36.9 Å². The van der Waals surface area contributed by atoms with Crippen molar-refractivity contribution < 1.29 is 32.5 Å². The lowest BCUT2D eigenvalue weighted by molar-refractivity contribution is -0.258. The summed E-state index contributed by atoms with van der Waals surface area (Å²) in [5.41, 5.74) is -2.43. The van der Waals surface area contributed by atoms with E-state index in [0.717, 1.165) is 18.9 Å². The average molecular weight is 466 g/mol. The van der Waals surface area contributed by atoms with E-state index in [1.165, 1.54) is 12.1 Å². The Morgan fingerprint density at radius 1 is 1.12 bits per heavy atom. The van der Waals surface area contributed by atoms with Gasteiger partial charge in [0.1, 0.15) is 23.9 Å². The number of rotatable bonds is 7. The Kier molecular flexibility index (Phi) is 6.98. The molecular weight excluding hydrogens is 435 g/mol. The summed E-state index contributed by atoms with van der Waals surface area (Å²) in [5, 5.41) is 10.2. The van der Waals surface area contributed by atoms with Crippen molar-refractivity contribution >= 4 is 12.0 Å². The Morgan fingerprint density at radius 3 is 2.45 bits per heavy atom. The van der Waals surface area contributed by atoms with E-state index < -0.39 is 17.2 Å². The Hall–Kier alpha value is -2.74. The molecule has 0 spiro atoms. The number of nitrogens with zero attached hydrogens (tertiary/aromatic N) is 1. The fraction of sp³-hybridized carbons (Fsp3) is 0.480. The summed E-state index contributed by atoms with van der Waals surface area (Å²) in [7, 11) is 1.57. The summed E-state index contributed by atoms with van der Waals surface area (Å²) in [6.07, 6.45) is -3.18. The molecule has 0 aliphatic carbocycles. The van der Waals surface area contributed by atoms with Gasteiger partial charge in [0.15, 0.2) is 5.60 Å². The number of aliphatic hydroxyl groups is 1. The second kappa shape index (κ2) is 9.25. The number of aldehydes is 1. The minimum absolute atomic E-state index is 0.212. The van der Waals surface area contributed by atoms with Crippen molar-refractivity contribution in [2.45, 2.75) is 51.5 Å². The van der Waals surface area contributed by atoms with Crippen molar-refractivity contribution in [3.8, 4) is 11.5 Å². The highest BCUT2D eigenvalue weighted by Crippen LogP contribution is 2.41. The molecule has 5 nitrogen and oxygen atoms in total. The molecule has 8 heteroatoms. The first-order valence-corrected chi connectivity index (χ1v) is 10.8. The molecule has 1 heterocycles. The molecule has 0 radical (unpaired) electrons. The zero-order chi connectivity index (χ0) is 24.4. The fourth-order valence-corrected chi connectivity index (χ4v) is 3.95. The van der Waals surface area contributed by atoms with E-state index in [9.17, 15) is 23.1 Å². The second-order valence-electron chi connectivity index (χ2n) is 9.36. The number of hydrogen-bond donors (Lipinski definition) is 1. The standard InChI is InChI=1S/C25H30F3NO4/c1-23(2,16-30)15-29-14-21(33-20-7-5-6-19(13-20)32-4)10-8-17-12-18(9-11-22(17)29)24(3,31)25(26,27)28/h5-7,9,11-13,16,21,31H,8,10,14-15H2,1-4H3. The quantitative estimate of drug-likeness (QED) is 0.590. The highest BCUT2D eigenvalue weighted by molar-refractivity contribution is 5.62. The monoisotopic (exact) mass is 465 g/mol. The van der Waals surface area contributed by atoms with Crippen molar-refractivity contribution in [3.05, 3.63) is 53.6 Å². The van der Waals surface area contributed by atoms with Crippen molar-refractivity contribution in [2.75, 3.05) is 25.1 Å². The molecule has 0 saturated heterocycles. The van der Waals surface area contributed by atoms with Crippen LogP contribution in [-0.4, -0.2) is 43.9 Å². The third-order valence-electron chi connectivity index (χ3n) is 5.96. The molecule has 0 aromatic heterocycles. The maximum atomic E-state index is 13.4. The number of carbonyl (C=O) groups excluding carboxylic acids is 1. The Balaban J connectivity index is 1.95. The first-order valence-electron chi connectivity index (χ1n) is 10.8. The lowest BCUT2D eigenvalue weighted by atomic mass is 9.91. The summed E-state index contributed by atoms with van der Waals surface area (Å²) in [4.78, 5) is 13.6. The van der Waals surface area contributed by atoms with Gasteiger partial charge in [0, 0.05) is 23.7 Å². The summed E-state index contributed by atoms with van der Waals surface area (Å²) >= 11 is 0. The maximum absolute atomic E-state index is 13.4. The highest BCUT2D eigenvalue weighted by Gasteiger charge is 2.51. The molecule has 0 amide bonds. The van der Waals surface area contributed by atoms with Crippen LogP contribution in [0.5, 0.6) is 11.5 Å². The molecule has 0 fully saturated rings. The first kappa shape index (κ1) is 24.9. The van der Waals surface area contributed by atoms with E-state index in [4.69, 9.17) is 9.47 Å². The Morgan fingerprint density at radius 2 is 1.82 bits per heavy atom. The van der Waals surface area contributed by atoms with Gasteiger partial charge in [0.2, 0.25) is 0 Å². The normalized spacial score (nSPS) is 18.7. The van der Waals surface area contributed by atoms with Gasteiger partial charge < -0.3 is 24.3 Å². The van der Waals surface area contributed by atoms with Crippen LogP contribution in [-0.2, 0) is 16.8 Å². The number of fused-ring (bicyclic) bond motifs is 1. The molecule has 0 bridgehead atoms. The van der Waals surface area contributed by atoms with E-state index in [-0.39, 0.29) is 11.7 Å². The maximum Gasteiger partial charge on any atom is 0.421 e. The van der Waals surface area contributed by atoms with Gasteiger partial charge >= 0.3 is 6.18 Å². The third kappa shape index (κ3) is 5.61. The van der Waals surface area contributed by atoms with Gasteiger partial charge in [-0.05, 0) is 49.1 Å². The van der Waals surface area contributed by atoms with E-state index in [2.05, 4.69) is 0 Å². The van der Waals surface area contributed by atoms with Crippen molar-refractivity contribution in [2.24, 2.45) is 5.41 Å². The van der Waals surface area contributed by atoms with Gasteiger partial charge in [-0.25, -0.2) is 0 Å². The second-order valence-corrected chi connectivity index (χ2v) is 9.36. The fourth-order valence-electron chi connectivity index (χ4n) is 3.95. The third-order valence-corrected chi connectivity index (χ3v) is 5.96. The van der Waals surface area contributed by atoms with Crippen molar-refractivity contribution in [3.63, 3.8) is 0 Å². The van der Waals surface area contributed by atoms with E-state index in [1.54, 1.807) is 19.2 Å². The van der Waals surface area contributed by atoms with E-state index >= 15 is 0 Å². The number of hydrogen-bond acceptors (Lipinski definition) is 5. The molecule has 2 unspecified atom stereocenters. The molecule has 33 heavy (non-hydrogen) atoms. The van der Waals surface area contributed by atoms with E-state index in [0.29, 0.717) is 43.0 Å². The van der Waals surface area contributed by atoms with Crippen LogP contribution in [0.4, 0.5) is 18.9 Å². The first-order chi connectivity index (χ1) is 15.4. The van der Waals surface area contributed by atoms with Gasteiger partial charge in [-0.2, -0.15) is 13.2 Å². The summed E-state index contributed by atoms with van der Waals surface area (Å²) < 4.78 is 51.7. The van der Waals surface area contributed by atoms with Crippen LogP contribution in [0.2, 0.25) is 0 Å². The number of alkyl halides is 3. The Bertz CT molecular complexity index is 988. The predicted molar refractivity (Wildman–Crippen MR) is 120 cm³/mol. The molecular formula is C25H30F3NO4. The molecule has 2 aromatic carbocycles. The molecule has 1 N–H and O–H groups in total. The smallest absolute Gasteiger partial charge is 0.421 e. The van der Waals surface area contributed by atoms with Crippen LogP contribution < -0.4 is 14.4 Å². The molecule has 3 rings (SSSR count). The molecule has 2 aromatic rings. The van der Waals surface area contributed by atoms with Crippen LogP contribution in [0.25, 0.3) is 0 Å². The largest absolute Gasteiger partial charge is 0.497 e. The Labute approximate surface area is 192 Å². The predicted octanol–water partition coefficient (Wildman–Crippen LogP) is 4.89. The van der Waals surface area contributed by atoms with Crippen molar-refractivity contribution in [1.82, 2.24) is 0 Å². The van der Waals surface area contributed by atoms with Gasteiger partial charge in [0.05, 0.1) is 13.7 Å². The molecule has 2 atom stereocenters. The SMILES string of the molecule is COc1cccc(OC2CCc3cc(C(C)(O)C(F)(F)F)ccc3N(CC(C)(C)C=O)C2)c1. The summed E-state index contributed by atoms with van der Waals surface area (Å²) in [6, 6.07) is 11.5. The van der Waals surface area contributed by atoms with Crippen molar-refractivity contribution in [1.29, 1.82) is 0 Å². The van der Waals surface area contributed by atoms with Crippen LogP contribution in [0.15, 0.2) is 42.5 Å². The van der Waals surface area contributed by atoms with Gasteiger partial charge in [-0.1, -0.05) is 32.0 Å².